The topological polar surface area (TPSA) is 118 Å². The van der Waals surface area contributed by atoms with E-state index in [4.69, 9.17) is 0 Å². The van der Waals surface area contributed by atoms with Crippen LogP contribution in [0.5, 0.6) is 0 Å². The van der Waals surface area contributed by atoms with E-state index in [0.717, 1.165) is 0 Å². The van der Waals surface area contributed by atoms with Crippen LogP contribution in [0.15, 0.2) is 24.3 Å². The van der Waals surface area contributed by atoms with Crippen molar-refractivity contribution in [2.45, 2.75) is 19.4 Å². The molecule has 0 saturated carbocycles. The Hall–Kier alpha value is -2.81. The molecule has 0 radical (unpaired) electrons. The van der Waals surface area contributed by atoms with Gasteiger partial charge in [0.05, 0.1) is 16.0 Å². The van der Waals surface area contributed by atoms with Gasteiger partial charge in [-0.3, -0.25) is 10.1 Å². The first-order valence-electron chi connectivity index (χ1n) is 6.62. The summed E-state index contributed by atoms with van der Waals surface area (Å²) < 4.78 is 1.34. The van der Waals surface area contributed by atoms with Gasteiger partial charge in [-0.25, -0.2) is 0 Å². The third-order valence-corrected chi connectivity index (χ3v) is 3.20. The van der Waals surface area contributed by atoms with Gasteiger partial charge in [0.15, 0.2) is 0 Å². The fourth-order valence-corrected chi connectivity index (χ4v) is 2.26. The van der Waals surface area contributed by atoms with Crippen molar-refractivity contribution >= 4 is 27.9 Å². The fraction of sp³-hybridized carbons (Fsp3) is 0.308. The zero-order valence-corrected chi connectivity index (χ0v) is 12.0. The molecule has 0 amide bonds. The third-order valence-electron chi connectivity index (χ3n) is 3.20. The number of para-hydroxylation sites is 1. The maximum absolute atomic E-state index is 11.5. The molecule has 0 spiro atoms. The summed E-state index contributed by atoms with van der Waals surface area (Å²) in [5.41, 5.74) is -0.237. The maximum atomic E-state index is 11.5. The SMILES string of the molecule is CC(C)(O)CNc1c([N+](=O)[O-])c2nnnn2c2ccccc12. The van der Waals surface area contributed by atoms with Gasteiger partial charge in [-0.1, -0.05) is 18.2 Å². The summed E-state index contributed by atoms with van der Waals surface area (Å²) in [5, 5.41) is 36.0. The summed E-state index contributed by atoms with van der Waals surface area (Å²) in [6.45, 7) is 3.38. The van der Waals surface area contributed by atoms with E-state index < -0.39 is 10.5 Å². The van der Waals surface area contributed by atoms with Crippen LogP contribution in [0.1, 0.15) is 13.8 Å². The van der Waals surface area contributed by atoms with Gasteiger partial charge in [0, 0.05) is 11.9 Å². The Kier molecular flexibility index (Phi) is 3.14. The zero-order valence-electron chi connectivity index (χ0n) is 12.0. The number of tetrazole rings is 1. The molecule has 3 aromatic rings. The van der Waals surface area contributed by atoms with Crippen molar-refractivity contribution in [2.75, 3.05) is 11.9 Å². The van der Waals surface area contributed by atoms with Gasteiger partial charge in [0.25, 0.3) is 5.65 Å². The average Bonchev–Trinajstić information content (AvgIpc) is 2.92. The second-order valence-electron chi connectivity index (χ2n) is 5.58. The molecular weight excluding hydrogens is 288 g/mol. The molecule has 0 fully saturated rings. The van der Waals surface area contributed by atoms with Gasteiger partial charge in [-0.2, -0.15) is 4.52 Å². The van der Waals surface area contributed by atoms with Crippen molar-refractivity contribution < 1.29 is 10.0 Å². The third kappa shape index (κ3) is 2.31. The molecule has 0 unspecified atom stereocenters. The van der Waals surface area contributed by atoms with Crippen LogP contribution >= 0.6 is 0 Å². The Morgan fingerprint density at radius 3 is 2.82 bits per heavy atom. The monoisotopic (exact) mass is 302 g/mol. The standard InChI is InChI=1S/C13H14N6O3/c1-13(2,20)7-14-10-8-5-3-4-6-9(8)18-12(15-16-17-18)11(10)19(21)22/h3-6,14,20H,7H2,1-2H3. The Bertz CT molecular complexity index is 867. The van der Waals surface area contributed by atoms with E-state index in [2.05, 4.69) is 20.8 Å². The molecule has 2 aromatic heterocycles. The second kappa shape index (κ2) is 4.88. The number of aromatic nitrogens is 4. The van der Waals surface area contributed by atoms with Crippen LogP contribution in [0.2, 0.25) is 0 Å². The van der Waals surface area contributed by atoms with Gasteiger partial charge in [-0.05, 0) is 30.3 Å². The van der Waals surface area contributed by atoms with Crippen molar-refractivity contribution in [3.63, 3.8) is 0 Å². The van der Waals surface area contributed by atoms with Crippen LogP contribution in [0.25, 0.3) is 16.6 Å². The van der Waals surface area contributed by atoms with Crippen molar-refractivity contribution in [2.24, 2.45) is 0 Å². The number of benzene rings is 1. The molecule has 0 bridgehead atoms. The second-order valence-corrected chi connectivity index (χ2v) is 5.58. The van der Waals surface area contributed by atoms with Crippen LogP contribution in [-0.4, -0.2) is 42.2 Å². The fourth-order valence-electron chi connectivity index (χ4n) is 2.26. The first kappa shape index (κ1) is 14.1. The Morgan fingerprint density at radius 1 is 1.41 bits per heavy atom. The number of nitrogens with one attached hydrogen (secondary N) is 1. The average molecular weight is 302 g/mol. The summed E-state index contributed by atoms with van der Waals surface area (Å²) in [7, 11) is 0. The normalized spacial score (nSPS) is 12.0. The molecule has 3 rings (SSSR count). The molecule has 0 aliphatic rings. The maximum Gasteiger partial charge on any atom is 0.339 e. The number of nitrogens with zero attached hydrogens (tertiary/aromatic N) is 5. The van der Waals surface area contributed by atoms with Crippen molar-refractivity contribution in [3.8, 4) is 0 Å². The van der Waals surface area contributed by atoms with E-state index in [-0.39, 0.29) is 17.9 Å². The highest BCUT2D eigenvalue weighted by Crippen LogP contribution is 2.35. The van der Waals surface area contributed by atoms with E-state index in [1.54, 1.807) is 38.1 Å². The number of hydrogen-bond donors (Lipinski definition) is 2. The molecule has 1 aromatic carbocycles. The highest BCUT2D eigenvalue weighted by molar-refractivity contribution is 6.00. The predicted octanol–water partition coefficient (Wildman–Crippen LogP) is 1.37. The van der Waals surface area contributed by atoms with Crippen molar-refractivity contribution in [1.29, 1.82) is 0 Å². The smallest absolute Gasteiger partial charge is 0.339 e. The summed E-state index contributed by atoms with van der Waals surface area (Å²) in [4.78, 5) is 11.0. The Labute approximate surface area is 124 Å². The molecule has 22 heavy (non-hydrogen) atoms. The lowest BCUT2D eigenvalue weighted by Gasteiger charge is -2.19. The lowest BCUT2D eigenvalue weighted by molar-refractivity contribution is -0.382. The quantitative estimate of drug-likeness (QED) is 0.551. The highest BCUT2D eigenvalue weighted by atomic mass is 16.6. The van der Waals surface area contributed by atoms with Crippen molar-refractivity contribution in [3.05, 3.63) is 34.4 Å². The number of fused-ring (bicyclic) bond motifs is 3. The minimum absolute atomic E-state index is 0.0574. The predicted molar refractivity (Wildman–Crippen MR) is 79.7 cm³/mol. The number of aliphatic hydroxyl groups is 1. The van der Waals surface area contributed by atoms with Gasteiger partial charge >= 0.3 is 5.69 Å². The zero-order chi connectivity index (χ0) is 15.9. The number of pyridine rings is 1. The first-order chi connectivity index (χ1) is 10.4. The molecular formula is C13H14N6O3. The minimum Gasteiger partial charge on any atom is -0.389 e. The lowest BCUT2D eigenvalue weighted by atomic mass is 10.1. The number of rotatable bonds is 4. The molecule has 114 valence electrons. The largest absolute Gasteiger partial charge is 0.389 e. The van der Waals surface area contributed by atoms with E-state index >= 15 is 0 Å². The number of nitro groups is 1. The molecule has 9 nitrogen and oxygen atoms in total. The van der Waals surface area contributed by atoms with Crippen LogP contribution in [-0.2, 0) is 0 Å². The minimum atomic E-state index is -1.02. The Morgan fingerprint density at radius 2 is 2.14 bits per heavy atom. The van der Waals surface area contributed by atoms with Gasteiger partial charge in [0.2, 0.25) is 0 Å². The van der Waals surface area contributed by atoms with Crippen LogP contribution < -0.4 is 5.32 Å². The van der Waals surface area contributed by atoms with Crippen LogP contribution in [0.4, 0.5) is 11.4 Å². The lowest BCUT2D eigenvalue weighted by Crippen LogP contribution is -2.29. The van der Waals surface area contributed by atoms with Gasteiger partial charge in [0.1, 0.15) is 5.69 Å². The first-order valence-corrected chi connectivity index (χ1v) is 6.62. The molecule has 2 heterocycles. The molecule has 0 saturated heterocycles. The molecule has 0 aliphatic heterocycles. The summed E-state index contributed by atoms with van der Waals surface area (Å²) in [6, 6.07) is 7.10. The van der Waals surface area contributed by atoms with E-state index in [9.17, 15) is 15.2 Å². The summed E-state index contributed by atoms with van der Waals surface area (Å²) in [6.07, 6.45) is 0. The number of anilines is 1. The van der Waals surface area contributed by atoms with E-state index in [0.29, 0.717) is 16.6 Å². The van der Waals surface area contributed by atoms with Crippen LogP contribution in [0, 0.1) is 10.1 Å². The molecule has 2 N–H and O–H groups in total. The summed E-state index contributed by atoms with van der Waals surface area (Å²) >= 11 is 0. The van der Waals surface area contributed by atoms with E-state index in [1.165, 1.54) is 4.52 Å². The van der Waals surface area contributed by atoms with Crippen LogP contribution in [0.3, 0.4) is 0 Å². The number of hydrogen-bond acceptors (Lipinski definition) is 7. The Balaban J connectivity index is 2.33. The van der Waals surface area contributed by atoms with Crippen molar-refractivity contribution in [1.82, 2.24) is 20.0 Å². The van der Waals surface area contributed by atoms with Gasteiger partial charge in [-0.15, -0.1) is 5.10 Å². The van der Waals surface area contributed by atoms with Gasteiger partial charge < -0.3 is 10.4 Å². The molecule has 0 aliphatic carbocycles. The highest BCUT2D eigenvalue weighted by Gasteiger charge is 2.27. The van der Waals surface area contributed by atoms with E-state index in [1.807, 2.05) is 0 Å². The summed E-state index contributed by atoms with van der Waals surface area (Å²) in [5.74, 6) is 0. The molecule has 9 heteroatoms. The molecule has 0 atom stereocenters.